The molecule has 1 aromatic heterocycles. The molecule has 0 atom stereocenters. The molecule has 2 heterocycles. The van der Waals surface area contributed by atoms with Crippen molar-refractivity contribution in [1.82, 2.24) is 9.88 Å². The number of rotatable bonds is 4. The predicted molar refractivity (Wildman–Crippen MR) is 96.8 cm³/mol. The topological polar surface area (TPSA) is 34.6 Å². The van der Waals surface area contributed by atoms with Crippen molar-refractivity contribution in [3.63, 3.8) is 0 Å². The Labute approximate surface area is 147 Å². The first-order valence-corrected chi connectivity index (χ1v) is 8.47. The molecule has 0 N–H and O–H groups in total. The van der Waals surface area contributed by atoms with Crippen molar-refractivity contribution in [3.05, 3.63) is 84.2 Å². The van der Waals surface area contributed by atoms with Crippen LogP contribution >= 0.6 is 0 Å². The number of para-hydroxylation sites is 2. The summed E-state index contributed by atoms with van der Waals surface area (Å²) in [7, 11) is 0. The van der Waals surface area contributed by atoms with Crippen LogP contribution in [0.15, 0.2) is 73.1 Å². The van der Waals surface area contributed by atoms with Crippen molar-refractivity contribution in [2.24, 2.45) is 0 Å². The van der Waals surface area contributed by atoms with Gasteiger partial charge in [-0.3, -0.25) is 9.88 Å². The number of fused-ring (bicyclic) bond motifs is 1. The van der Waals surface area contributed by atoms with Gasteiger partial charge in [-0.15, -0.1) is 0 Å². The molecule has 4 heteroatoms. The van der Waals surface area contributed by atoms with Crippen LogP contribution in [0.1, 0.15) is 11.1 Å². The number of hydrogen-bond acceptors (Lipinski definition) is 4. The van der Waals surface area contributed by atoms with E-state index in [1.165, 1.54) is 5.56 Å². The van der Waals surface area contributed by atoms with Crippen molar-refractivity contribution < 1.29 is 9.47 Å². The molecule has 0 aliphatic carbocycles. The fourth-order valence-corrected chi connectivity index (χ4v) is 3.02. The summed E-state index contributed by atoms with van der Waals surface area (Å²) in [5.74, 6) is 2.61. The molecule has 1 aliphatic rings. The molecule has 126 valence electrons. The van der Waals surface area contributed by atoms with Crippen LogP contribution in [0.3, 0.4) is 0 Å². The first-order chi connectivity index (χ1) is 12.4. The molecule has 0 amide bonds. The second kappa shape index (κ2) is 7.36. The lowest BCUT2D eigenvalue weighted by atomic mass is 10.1. The van der Waals surface area contributed by atoms with E-state index < -0.39 is 0 Å². The molecule has 25 heavy (non-hydrogen) atoms. The predicted octanol–water partition coefficient (Wildman–Crippen LogP) is 4.27. The first kappa shape index (κ1) is 15.7. The summed E-state index contributed by atoms with van der Waals surface area (Å²) in [5, 5.41) is 0. The highest BCUT2D eigenvalue weighted by Crippen LogP contribution is 2.28. The van der Waals surface area contributed by atoms with E-state index in [-0.39, 0.29) is 0 Å². The van der Waals surface area contributed by atoms with Gasteiger partial charge in [-0.2, -0.15) is 0 Å². The zero-order chi connectivity index (χ0) is 16.9. The molecule has 0 radical (unpaired) electrons. The molecule has 2 aromatic carbocycles. The standard InChI is InChI=1S/C21H20N2O2/c1-3-9-20-17(6-1)15-23(12-13-24-20)16-18-7-2-4-10-21(18)25-19-8-5-11-22-14-19/h1-11,14H,12-13,15-16H2. The molecular weight excluding hydrogens is 312 g/mol. The highest BCUT2D eigenvalue weighted by molar-refractivity contribution is 5.38. The summed E-state index contributed by atoms with van der Waals surface area (Å²) in [4.78, 5) is 6.50. The van der Waals surface area contributed by atoms with E-state index in [4.69, 9.17) is 9.47 Å². The molecule has 3 aromatic rings. The Hall–Kier alpha value is -2.85. The minimum Gasteiger partial charge on any atom is -0.492 e. The van der Waals surface area contributed by atoms with E-state index in [9.17, 15) is 0 Å². The summed E-state index contributed by atoms with van der Waals surface area (Å²) in [5.41, 5.74) is 2.39. The first-order valence-electron chi connectivity index (χ1n) is 8.47. The van der Waals surface area contributed by atoms with Crippen LogP contribution < -0.4 is 9.47 Å². The van der Waals surface area contributed by atoms with Crippen molar-refractivity contribution in [1.29, 1.82) is 0 Å². The van der Waals surface area contributed by atoms with Gasteiger partial charge in [0.2, 0.25) is 0 Å². The van der Waals surface area contributed by atoms with Crippen LogP contribution in [0.4, 0.5) is 0 Å². The van der Waals surface area contributed by atoms with Crippen LogP contribution in [0.2, 0.25) is 0 Å². The molecule has 1 aliphatic heterocycles. The fourth-order valence-electron chi connectivity index (χ4n) is 3.02. The Bertz CT molecular complexity index is 836. The average molecular weight is 332 g/mol. The average Bonchev–Trinajstić information content (AvgIpc) is 2.86. The van der Waals surface area contributed by atoms with Crippen molar-refractivity contribution in [3.8, 4) is 17.2 Å². The third kappa shape index (κ3) is 3.80. The molecule has 0 fully saturated rings. The Kier molecular flexibility index (Phi) is 4.61. The van der Waals surface area contributed by atoms with E-state index in [1.807, 2.05) is 42.5 Å². The highest BCUT2D eigenvalue weighted by Gasteiger charge is 2.16. The van der Waals surface area contributed by atoms with Gasteiger partial charge in [-0.25, -0.2) is 0 Å². The fraction of sp³-hybridized carbons (Fsp3) is 0.190. The maximum Gasteiger partial charge on any atom is 0.145 e. The monoisotopic (exact) mass is 332 g/mol. The highest BCUT2D eigenvalue weighted by atomic mass is 16.5. The number of ether oxygens (including phenoxy) is 2. The number of pyridine rings is 1. The smallest absolute Gasteiger partial charge is 0.145 e. The van der Waals surface area contributed by atoms with Gasteiger partial charge in [0, 0.05) is 37.0 Å². The van der Waals surface area contributed by atoms with E-state index in [0.29, 0.717) is 6.61 Å². The van der Waals surface area contributed by atoms with Crippen molar-refractivity contribution in [2.45, 2.75) is 13.1 Å². The van der Waals surface area contributed by atoms with Crippen molar-refractivity contribution in [2.75, 3.05) is 13.2 Å². The zero-order valence-corrected chi connectivity index (χ0v) is 14.0. The summed E-state index contributed by atoms with van der Waals surface area (Å²) >= 11 is 0. The van der Waals surface area contributed by atoms with E-state index in [1.54, 1.807) is 12.4 Å². The number of nitrogens with zero attached hydrogens (tertiary/aromatic N) is 2. The van der Waals surface area contributed by atoms with Gasteiger partial charge in [-0.05, 0) is 24.3 Å². The maximum absolute atomic E-state index is 6.03. The Balaban J connectivity index is 1.53. The molecule has 0 spiro atoms. The van der Waals surface area contributed by atoms with E-state index in [2.05, 4.69) is 28.1 Å². The minimum atomic E-state index is 0.697. The van der Waals surface area contributed by atoms with Crippen LogP contribution in [0, 0.1) is 0 Å². The zero-order valence-electron chi connectivity index (χ0n) is 14.0. The largest absolute Gasteiger partial charge is 0.492 e. The second-order valence-corrected chi connectivity index (χ2v) is 6.07. The molecule has 0 bridgehead atoms. The molecule has 4 nitrogen and oxygen atoms in total. The van der Waals surface area contributed by atoms with Gasteiger partial charge in [0.15, 0.2) is 0 Å². The van der Waals surface area contributed by atoms with Gasteiger partial charge in [-0.1, -0.05) is 36.4 Å². The van der Waals surface area contributed by atoms with Crippen LogP contribution in [0.5, 0.6) is 17.2 Å². The van der Waals surface area contributed by atoms with Crippen LogP contribution in [-0.2, 0) is 13.1 Å². The van der Waals surface area contributed by atoms with Crippen LogP contribution in [-0.4, -0.2) is 23.0 Å². The minimum absolute atomic E-state index is 0.697. The molecule has 4 rings (SSSR count). The third-order valence-corrected chi connectivity index (χ3v) is 4.26. The van der Waals surface area contributed by atoms with Gasteiger partial charge >= 0.3 is 0 Å². The van der Waals surface area contributed by atoms with E-state index >= 15 is 0 Å². The lowest BCUT2D eigenvalue weighted by molar-refractivity contribution is 0.218. The molecule has 0 saturated heterocycles. The molecular formula is C21H20N2O2. The van der Waals surface area contributed by atoms with Gasteiger partial charge in [0.25, 0.3) is 0 Å². The molecule has 0 unspecified atom stereocenters. The van der Waals surface area contributed by atoms with Gasteiger partial charge < -0.3 is 9.47 Å². The van der Waals surface area contributed by atoms with Gasteiger partial charge in [0.1, 0.15) is 23.9 Å². The summed E-state index contributed by atoms with van der Waals surface area (Å²) in [6.45, 7) is 3.27. The number of aromatic nitrogens is 1. The van der Waals surface area contributed by atoms with Crippen molar-refractivity contribution >= 4 is 0 Å². The maximum atomic E-state index is 6.03. The molecule has 0 saturated carbocycles. The lowest BCUT2D eigenvalue weighted by Crippen LogP contribution is -2.25. The number of benzene rings is 2. The van der Waals surface area contributed by atoms with Crippen LogP contribution in [0.25, 0.3) is 0 Å². The Morgan fingerprint density at radius 1 is 1.00 bits per heavy atom. The summed E-state index contributed by atoms with van der Waals surface area (Å²) < 4.78 is 11.9. The third-order valence-electron chi connectivity index (χ3n) is 4.26. The second-order valence-electron chi connectivity index (χ2n) is 6.07. The SMILES string of the molecule is c1cncc(Oc2ccccc2CN2CCOc3ccccc3C2)c1. The van der Waals surface area contributed by atoms with E-state index in [0.717, 1.165) is 42.4 Å². The lowest BCUT2D eigenvalue weighted by Gasteiger charge is -2.21. The van der Waals surface area contributed by atoms with Gasteiger partial charge in [0.05, 0.1) is 6.20 Å². The Morgan fingerprint density at radius 2 is 1.88 bits per heavy atom. The quantitative estimate of drug-likeness (QED) is 0.715. The summed E-state index contributed by atoms with van der Waals surface area (Å²) in [6, 6.07) is 20.2. The summed E-state index contributed by atoms with van der Waals surface area (Å²) in [6.07, 6.45) is 3.47. The Morgan fingerprint density at radius 3 is 2.80 bits per heavy atom. The normalized spacial score (nSPS) is 14.2. The number of hydrogen-bond donors (Lipinski definition) is 0.